The molecule has 2 rings (SSSR count). The van der Waals surface area contributed by atoms with Crippen LogP contribution in [0.1, 0.15) is 105 Å². The van der Waals surface area contributed by atoms with E-state index in [4.69, 9.17) is 4.74 Å². The van der Waals surface area contributed by atoms with Gasteiger partial charge in [-0.15, -0.1) is 0 Å². The number of methoxy groups -OCH3 is 1. The highest BCUT2D eigenvalue weighted by atomic mass is 16.5. The maximum absolute atomic E-state index is 11.3. The van der Waals surface area contributed by atoms with E-state index in [1.807, 2.05) is 0 Å². The summed E-state index contributed by atoms with van der Waals surface area (Å²) in [5.41, 5.74) is -0.804. The number of rotatable bonds is 12. The van der Waals surface area contributed by atoms with E-state index in [1.54, 1.807) is 21.0 Å². The lowest BCUT2D eigenvalue weighted by Crippen LogP contribution is -2.34. The van der Waals surface area contributed by atoms with Gasteiger partial charge in [0, 0.05) is 18.9 Å². The van der Waals surface area contributed by atoms with Gasteiger partial charge in [-0.3, -0.25) is 4.79 Å². The van der Waals surface area contributed by atoms with Crippen molar-refractivity contribution in [3.05, 3.63) is 12.2 Å². The number of carboxylic acids is 1. The molecule has 0 aromatic rings. The number of hydrogen-bond donors (Lipinski definition) is 3. The number of carbonyl (C=O) groups is 1. The van der Waals surface area contributed by atoms with E-state index >= 15 is 0 Å². The number of carboxylic acid groups (broad SMARTS) is 1. The summed E-state index contributed by atoms with van der Waals surface area (Å²) in [5.74, 6) is 0.169. The molecule has 6 unspecified atom stereocenters. The Hall–Kier alpha value is -0.910. The van der Waals surface area contributed by atoms with Crippen molar-refractivity contribution in [2.75, 3.05) is 7.11 Å². The van der Waals surface area contributed by atoms with Gasteiger partial charge < -0.3 is 20.1 Å². The summed E-state index contributed by atoms with van der Waals surface area (Å²) in [6.07, 6.45) is 15.6. The Balaban J connectivity index is 1.84. The number of aliphatic hydroxyl groups is 2. The van der Waals surface area contributed by atoms with E-state index < -0.39 is 11.4 Å². The average Bonchev–Trinajstić information content (AvgIpc) is 2.75. The van der Waals surface area contributed by atoms with Crippen LogP contribution in [0.5, 0.6) is 0 Å². The SMILES string of the molecule is COC(C)(C)CCCC1CCCC(/C=C\C2CCCC(CCCC(C)(C)C(=O)O)C2O)C1O. The van der Waals surface area contributed by atoms with Gasteiger partial charge >= 0.3 is 5.97 Å². The first-order chi connectivity index (χ1) is 15.5. The third kappa shape index (κ3) is 8.67. The van der Waals surface area contributed by atoms with E-state index in [0.717, 1.165) is 70.6 Å². The summed E-state index contributed by atoms with van der Waals surface area (Å²) in [7, 11) is 1.76. The molecule has 0 aliphatic heterocycles. The second-order valence-electron chi connectivity index (χ2n) is 12.0. The number of aliphatic carboxylic acids is 1. The van der Waals surface area contributed by atoms with Crippen molar-refractivity contribution in [1.29, 1.82) is 0 Å². The maximum Gasteiger partial charge on any atom is 0.309 e. The largest absolute Gasteiger partial charge is 0.481 e. The molecule has 0 amide bonds. The quantitative estimate of drug-likeness (QED) is 0.308. The zero-order chi connectivity index (χ0) is 24.6. The predicted molar refractivity (Wildman–Crippen MR) is 133 cm³/mol. The van der Waals surface area contributed by atoms with E-state index in [2.05, 4.69) is 26.0 Å². The highest BCUT2D eigenvalue weighted by Crippen LogP contribution is 2.38. The van der Waals surface area contributed by atoms with Gasteiger partial charge in [0.2, 0.25) is 0 Å². The summed E-state index contributed by atoms with van der Waals surface area (Å²) in [4.78, 5) is 11.3. The van der Waals surface area contributed by atoms with Gasteiger partial charge in [0.05, 0.1) is 23.2 Å². The second kappa shape index (κ2) is 12.7. The van der Waals surface area contributed by atoms with Crippen LogP contribution in [0.25, 0.3) is 0 Å². The Bertz CT molecular complexity index is 626. The smallest absolute Gasteiger partial charge is 0.309 e. The third-order valence-electron chi connectivity index (χ3n) is 8.54. The molecular formula is C28H50O5. The van der Waals surface area contributed by atoms with Crippen molar-refractivity contribution >= 4 is 5.97 Å². The summed E-state index contributed by atoms with van der Waals surface area (Å²) in [6.45, 7) is 7.79. The molecular weight excluding hydrogens is 416 g/mol. The molecule has 2 aliphatic carbocycles. The lowest BCUT2D eigenvalue weighted by Gasteiger charge is -2.36. The van der Waals surface area contributed by atoms with Crippen LogP contribution in [-0.2, 0) is 9.53 Å². The first kappa shape index (κ1) is 28.3. The molecule has 5 nitrogen and oxygen atoms in total. The molecule has 2 aliphatic rings. The molecule has 0 spiro atoms. The van der Waals surface area contributed by atoms with E-state index in [1.165, 1.54) is 0 Å². The lowest BCUT2D eigenvalue weighted by atomic mass is 9.73. The van der Waals surface area contributed by atoms with Crippen LogP contribution in [0.2, 0.25) is 0 Å². The van der Waals surface area contributed by atoms with Gasteiger partial charge in [0.25, 0.3) is 0 Å². The highest BCUT2D eigenvalue weighted by Gasteiger charge is 2.34. The average molecular weight is 467 g/mol. The molecule has 0 heterocycles. The van der Waals surface area contributed by atoms with E-state index in [0.29, 0.717) is 12.3 Å². The molecule has 6 atom stereocenters. The zero-order valence-electron chi connectivity index (χ0n) is 21.8. The first-order valence-electron chi connectivity index (χ1n) is 13.3. The van der Waals surface area contributed by atoms with Crippen molar-refractivity contribution in [1.82, 2.24) is 0 Å². The van der Waals surface area contributed by atoms with Crippen molar-refractivity contribution < 1.29 is 24.9 Å². The van der Waals surface area contributed by atoms with Crippen LogP contribution in [0.15, 0.2) is 12.2 Å². The van der Waals surface area contributed by atoms with Crippen molar-refractivity contribution in [2.24, 2.45) is 29.1 Å². The van der Waals surface area contributed by atoms with Crippen molar-refractivity contribution in [3.63, 3.8) is 0 Å². The maximum atomic E-state index is 11.3. The Kier molecular flexibility index (Phi) is 10.9. The summed E-state index contributed by atoms with van der Waals surface area (Å²) in [5, 5.41) is 31.3. The minimum atomic E-state index is -0.751. The fourth-order valence-corrected chi connectivity index (χ4v) is 5.75. The standard InChI is InChI=1S/C28H50O5/c1-27(2,26(31)32)18-8-14-20-10-6-12-22(24(20)29)16-17-23-13-7-11-21(25(23)30)15-9-19-28(3,4)33-5/h16-17,20-25,29-30H,6-15,18-19H2,1-5H3,(H,31,32)/b17-16-. The molecule has 33 heavy (non-hydrogen) atoms. The van der Waals surface area contributed by atoms with Crippen LogP contribution in [0, 0.1) is 29.1 Å². The Morgan fingerprint density at radius 2 is 1.30 bits per heavy atom. The number of ether oxygens (including phenoxy) is 1. The van der Waals surface area contributed by atoms with Gasteiger partial charge in [-0.05, 0) is 90.9 Å². The van der Waals surface area contributed by atoms with E-state index in [9.17, 15) is 20.1 Å². The van der Waals surface area contributed by atoms with E-state index in [-0.39, 0.29) is 35.6 Å². The molecule has 192 valence electrons. The van der Waals surface area contributed by atoms with Gasteiger partial charge in [-0.1, -0.05) is 37.8 Å². The Morgan fingerprint density at radius 1 is 0.848 bits per heavy atom. The number of aliphatic hydroxyl groups excluding tert-OH is 2. The normalized spacial score (nSPS) is 31.7. The Morgan fingerprint density at radius 3 is 1.73 bits per heavy atom. The zero-order valence-corrected chi connectivity index (χ0v) is 21.8. The second-order valence-corrected chi connectivity index (χ2v) is 12.0. The molecule has 0 aromatic heterocycles. The molecule has 0 aromatic carbocycles. The highest BCUT2D eigenvalue weighted by molar-refractivity contribution is 5.73. The summed E-state index contributed by atoms with van der Waals surface area (Å²) >= 11 is 0. The van der Waals surface area contributed by atoms with Gasteiger partial charge in [-0.2, -0.15) is 0 Å². The summed E-state index contributed by atoms with van der Waals surface area (Å²) < 4.78 is 5.53. The van der Waals surface area contributed by atoms with Crippen LogP contribution >= 0.6 is 0 Å². The van der Waals surface area contributed by atoms with Crippen LogP contribution < -0.4 is 0 Å². The predicted octanol–water partition coefficient (Wildman–Crippen LogP) is 5.97. The molecule has 0 radical (unpaired) electrons. The van der Waals surface area contributed by atoms with Crippen LogP contribution in [-0.4, -0.2) is 46.2 Å². The van der Waals surface area contributed by atoms with Crippen LogP contribution in [0.4, 0.5) is 0 Å². The fourth-order valence-electron chi connectivity index (χ4n) is 5.75. The van der Waals surface area contributed by atoms with Crippen molar-refractivity contribution in [2.45, 2.75) is 123 Å². The molecule has 2 saturated carbocycles. The molecule has 0 bridgehead atoms. The molecule has 5 heteroatoms. The molecule has 0 saturated heterocycles. The minimum absolute atomic E-state index is 0.101. The minimum Gasteiger partial charge on any atom is -0.481 e. The van der Waals surface area contributed by atoms with Gasteiger partial charge in [0.15, 0.2) is 0 Å². The summed E-state index contributed by atoms with van der Waals surface area (Å²) in [6, 6.07) is 0. The van der Waals surface area contributed by atoms with Crippen LogP contribution in [0.3, 0.4) is 0 Å². The number of hydrogen-bond acceptors (Lipinski definition) is 4. The molecule has 3 N–H and O–H groups in total. The fraction of sp³-hybridized carbons (Fsp3) is 0.893. The van der Waals surface area contributed by atoms with Gasteiger partial charge in [-0.25, -0.2) is 0 Å². The monoisotopic (exact) mass is 466 g/mol. The topological polar surface area (TPSA) is 87.0 Å². The Labute approximate surface area is 202 Å². The third-order valence-corrected chi connectivity index (χ3v) is 8.54. The molecule has 2 fully saturated rings. The van der Waals surface area contributed by atoms with Crippen molar-refractivity contribution in [3.8, 4) is 0 Å². The first-order valence-corrected chi connectivity index (χ1v) is 13.3. The lowest BCUT2D eigenvalue weighted by molar-refractivity contribution is -0.147. The van der Waals surface area contributed by atoms with Gasteiger partial charge in [0.1, 0.15) is 0 Å².